The van der Waals surface area contributed by atoms with Crippen molar-refractivity contribution in [1.82, 2.24) is 15.3 Å². The van der Waals surface area contributed by atoms with Gasteiger partial charge in [-0.05, 0) is 19.9 Å². The van der Waals surface area contributed by atoms with Crippen LogP contribution in [0, 0.1) is 6.92 Å². The minimum Gasteiger partial charge on any atom is -0.383 e. The number of aromatic nitrogens is 2. The highest BCUT2D eigenvalue weighted by Gasteiger charge is 2.01. The molecule has 4 nitrogen and oxygen atoms in total. The van der Waals surface area contributed by atoms with Crippen molar-refractivity contribution in [2.24, 2.45) is 0 Å². The number of aryl methyl sites for hydroxylation is 1. The van der Waals surface area contributed by atoms with Crippen molar-refractivity contribution >= 4 is 11.8 Å². The molecule has 0 fully saturated rings. The second kappa shape index (κ2) is 7.60. The molecule has 1 aromatic heterocycles. The Balaban J connectivity index is 2.16. The molecule has 1 atom stereocenters. The molecule has 1 unspecified atom stereocenters. The minimum atomic E-state index is 0.393. The normalized spacial score (nSPS) is 12.7. The molecule has 0 aliphatic carbocycles. The molecule has 0 amide bonds. The maximum absolute atomic E-state index is 5.04. The number of ether oxygens (including phenoxy) is 1. The molecule has 0 spiro atoms. The van der Waals surface area contributed by atoms with E-state index < -0.39 is 0 Å². The van der Waals surface area contributed by atoms with Gasteiger partial charge in [0.25, 0.3) is 0 Å². The largest absolute Gasteiger partial charge is 0.383 e. The van der Waals surface area contributed by atoms with Gasteiger partial charge in [0.05, 0.1) is 6.61 Å². The van der Waals surface area contributed by atoms with E-state index in [2.05, 4.69) is 22.2 Å². The molecule has 1 N–H and O–H groups in total. The van der Waals surface area contributed by atoms with Crippen molar-refractivity contribution < 1.29 is 4.74 Å². The second-order valence-electron chi connectivity index (χ2n) is 3.64. The first-order valence-corrected chi connectivity index (χ1v) is 6.35. The van der Waals surface area contributed by atoms with Crippen molar-refractivity contribution in [1.29, 1.82) is 0 Å². The van der Waals surface area contributed by atoms with E-state index in [0.717, 1.165) is 29.8 Å². The zero-order valence-electron chi connectivity index (χ0n) is 10.1. The highest BCUT2D eigenvalue weighted by Crippen LogP contribution is 2.10. The smallest absolute Gasteiger partial charge is 0.187 e. The van der Waals surface area contributed by atoms with Gasteiger partial charge in [0.2, 0.25) is 0 Å². The van der Waals surface area contributed by atoms with Gasteiger partial charge in [-0.2, -0.15) is 0 Å². The Morgan fingerprint density at radius 3 is 3.06 bits per heavy atom. The van der Waals surface area contributed by atoms with Gasteiger partial charge in [-0.3, -0.25) is 0 Å². The highest BCUT2D eigenvalue weighted by atomic mass is 32.2. The first-order valence-electron chi connectivity index (χ1n) is 5.37. The Hall–Kier alpha value is -0.650. The third-order valence-electron chi connectivity index (χ3n) is 2.02. The molecule has 0 saturated carbocycles. The standard InChI is InChI=1S/C11H19N3OS/c1-9-4-5-13-11(14-9)16-7-6-12-10(2)8-15-3/h4-5,10,12H,6-8H2,1-3H3. The molecule has 0 saturated heterocycles. The van der Waals surface area contributed by atoms with Crippen molar-refractivity contribution in [3.63, 3.8) is 0 Å². The molecule has 0 aromatic carbocycles. The fourth-order valence-corrected chi connectivity index (χ4v) is 2.00. The summed E-state index contributed by atoms with van der Waals surface area (Å²) in [6.07, 6.45) is 1.80. The summed E-state index contributed by atoms with van der Waals surface area (Å²) in [6, 6.07) is 2.30. The van der Waals surface area contributed by atoms with E-state index in [1.54, 1.807) is 25.1 Å². The average molecular weight is 241 g/mol. The van der Waals surface area contributed by atoms with Crippen LogP contribution < -0.4 is 5.32 Å². The Kier molecular flexibility index (Phi) is 6.37. The molecule has 16 heavy (non-hydrogen) atoms. The number of rotatable bonds is 7. The number of methoxy groups -OCH3 is 1. The van der Waals surface area contributed by atoms with Crippen molar-refractivity contribution in [3.05, 3.63) is 18.0 Å². The lowest BCUT2D eigenvalue weighted by atomic mass is 10.4. The molecule has 0 aliphatic heterocycles. The van der Waals surface area contributed by atoms with Gasteiger partial charge in [0.1, 0.15) is 0 Å². The van der Waals surface area contributed by atoms with Crippen LogP contribution in [0.25, 0.3) is 0 Å². The predicted molar refractivity (Wildman–Crippen MR) is 66.8 cm³/mol. The van der Waals surface area contributed by atoms with Crippen LogP contribution in [0.1, 0.15) is 12.6 Å². The summed E-state index contributed by atoms with van der Waals surface area (Å²) in [5, 5.41) is 4.22. The van der Waals surface area contributed by atoms with E-state index in [1.165, 1.54) is 0 Å². The molecule has 1 heterocycles. The van der Waals surface area contributed by atoms with Gasteiger partial charge in [-0.1, -0.05) is 11.8 Å². The van der Waals surface area contributed by atoms with Gasteiger partial charge >= 0.3 is 0 Å². The first-order chi connectivity index (χ1) is 7.72. The molecular formula is C11H19N3OS. The molecule has 0 aliphatic rings. The van der Waals surface area contributed by atoms with Gasteiger partial charge in [-0.25, -0.2) is 9.97 Å². The molecule has 0 radical (unpaired) electrons. The fraction of sp³-hybridized carbons (Fsp3) is 0.636. The molecule has 90 valence electrons. The summed E-state index contributed by atoms with van der Waals surface area (Å²) in [5.74, 6) is 0.970. The van der Waals surface area contributed by atoms with E-state index in [-0.39, 0.29) is 0 Å². The van der Waals surface area contributed by atoms with Gasteiger partial charge in [0, 0.05) is 37.3 Å². The summed E-state index contributed by atoms with van der Waals surface area (Å²) >= 11 is 1.67. The van der Waals surface area contributed by atoms with Gasteiger partial charge in [-0.15, -0.1) is 0 Å². The quantitative estimate of drug-likeness (QED) is 0.445. The molecule has 5 heteroatoms. The highest BCUT2D eigenvalue weighted by molar-refractivity contribution is 7.99. The Morgan fingerprint density at radius 1 is 1.56 bits per heavy atom. The van der Waals surface area contributed by atoms with Crippen LogP contribution in [0.5, 0.6) is 0 Å². The lowest BCUT2D eigenvalue weighted by Crippen LogP contribution is -2.31. The fourth-order valence-electron chi connectivity index (χ4n) is 1.25. The third kappa shape index (κ3) is 5.44. The predicted octanol–water partition coefficient (Wildman–Crippen LogP) is 1.50. The summed E-state index contributed by atoms with van der Waals surface area (Å²) in [7, 11) is 1.72. The van der Waals surface area contributed by atoms with Crippen molar-refractivity contribution in [2.45, 2.75) is 25.0 Å². The number of hydrogen-bond donors (Lipinski definition) is 1. The van der Waals surface area contributed by atoms with Gasteiger partial charge < -0.3 is 10.1 Å². The van der Waals surface area contributed by atoms with E-state index in [9.17, 15) is 0 Å². The molecule has 0 bridgehead atoms. The summed E-state index contributed by atoms with van der Waals surface area (Å²) < 4.78 is 5.04. The maximum Gasteiger partial charge on any atom is 0.187 e. The lowest BCUT2D eigenvalue weighted by Gasteiger charge is -2.11. The second-order valence-corrected chi connectivity index (χ2v) is 4.70. The van der Waals surface area contributed by atoms with Crippen molar-refractivity contribution in [2.75, 3.05) is 26.0 Å². The SMILES string of the molecule is COCC(C)NCCSc1nccc(C)n1. The monoisotopic (exact) mass is 241 g/mol. The maximum atomic E-state index is 5.04. The Morgan fingerprint density at radius 2 is 2.38 bits per heavy atom. The van der Waals surface area contributed by atoms with E-state index in [1.807, 2.05) is 13.0 Å². The number of thioether (sulfide) groups is 1. The van der Waals surface area contributed by atoms with Crippen LogP contribution in [-0.4, -0.2) is 42.0 Å². The third-order valence-corrected chi connectivity index (χ3v) is 2.88. The van der Waals surface area contributed by atoms with Crippen LogP contribution in [0.15, 0.2) is 17.4 Å². The summed E-state index contributed by atoms with van der Waals surface area (Å²) in [4.78, 5) is 8.52. The average Bonchev–Trinajstić information content (AvgIpc) is 2.25. The zero-order chi connectivity index (χ0) is 11.8. The topological polar surface area (TPSA) is 47.0 Å². The minimum absolute atomic E-state index is 0.393. The van der Waals surface area contributed by atoms with E-state index in [4.69, 9.17) is 4.74 Å². The van der Waals surface area contributed by atoms with Crippen molar-refractivity contribution in [3.8, 4) is 0 Å². The van der Waals surface area contributed by atoms with Crippen LogP contribution in [0.3, 0.4) is 0 Å². The lowest BCUT2D eigenvalue weighted by molar-refractivity contribution is 0.173. The first kappa shape index (κ1) is 13.4. The van der Waals surface area contributed by atoms with E-state index >= 15 is 0 Å². The zero-order valence-corrected chi connectivity index (χ0v) is 10.9. The summed E-state index contributed by atoms with van der Waals surface area (Å²) in [6.45, 7) is 5.76. The molecule has 1 aromatic rings. The van der Waals surface area contributed by atoms with Crippen LogP contribution in [0.2, 0.25) is 0 Å². The number of nitrogens with zero attached hydrogens (tertiary/aromatic N) is 2. The van der Waals surface area contributed by atoms with Crippen LogP contribution in [0.4, 0.5) is 0 Å². The van der Waals surface area contributed by atoms with Crippen LogP contribution in [-0.2, 0) is 4.74 Å². The number of nitrogens with one attached hydrogen (secondary N) is 1. The van der Waals surface area contributed by atoms with E-state index in [0.29, 0.717) is 6.04 Å². The molecule has 1 rings (SSSR count). The Bertz CT molecular complexity index is 309. The number of hydrogen-bond acceptors (Lipinski definition) is 5. The molecular weight excluding hydrogens is 222 g/mol. The summed E-state index contributed by atoms with van der Waals surface area (Å²) in [5.41, 5.74) is 1.01. The Labute approximate surface area is 101 Å². The van der Waals surface area contributed by atoms with Crippen LogP contribution >= 0.6 is 11.8 Å². The van der Waals surface area contributed by atoms with Gasteiger partial charge in [0.15, 0.2) is 5.16 Å².